The molecule has 2 fully saturated rings. The highest BCUT2D eigenvalue weighted by Gasteiger charge is 2.33. The maximum Gasteiger partial charge on any atom is 0.309 e. The predicted molar refractivity (Wildman–Crippen MR) is 118 cm³/mol. The summed E-state index contributed by atoms with van der Waals surface area (Å²) in [6, 6.07) is 6.43. The van der Waals surface area contributed by atoms with Crippen LogP contribution in [0.25, 0.3) is 0 Å². The summed E-state index contributed by atoms with van der Waals surface area (Å²) in [5, 5.41) is 0. The number of hydrogen-bond acceptors (Lipinski definition) is 6. The Hall–Kier alpha value is -2.12. The maximum atomic E-state index is 13.0. The van der Waals surface area contributed by atoms with Gasteiger partial charge in [-0.1, -0.05) is 12.1 Å². The molecule has 31 heavy (non-hydrogen) atoms. The van der Waals surface area contributed by atoms with E-state index < -0.39 is 0 Å². The van der Waals surface area contributed by atoms with Gasteiger partial charge in [-0.2, -0.15) is 0 Å². The monoisotopic (exact) mass is 429 g/mol. The second-order valence-corrected chi connectivity index (χ2v) is 8.88. The Balaban J connectivity index is 1.22. The lowest BCUT2D eigenvalue weighted by Crippen LogP contribution is -2.55. The van der Waals surface area contributed by atoms with Crippen LogP contribution in [-0.4, -0.2) is 85.1 Å². The fraction of sp³-hybridized carbons (Fsp3) is 0.667. The van der Waals surface area contributed by atoms with Crippen molar-refractivity contribution in [3.05, 3.63) is 29.3 Å². The lowest BCUT2D eigenvalue weighted by Gasteiger charge is -2.40. The molecular formula is C24H35N3O4. The molecule has 0 aliphatic carbocycles. The number of piperidine rings is 1. The van der Waals surface area contributed by atoms with E-state index in [2.05, 4.69) is 28.0 Å². The fourth-order valence-electron chi connectivity index (χ4n) is 4.92. The Labute approximate surface area is 185 Å². The van der Waals surface area contributed by atoms with Gasteiger partial charge in [0.25, 0.3) is 0 Å². The molecule has 1 aromatic carbocycles. The second-order valence-electron chi connectivity index (χ2n) is 8.88. The van der Waals surface area contributed by atoms with Crippen molar-refractivity contribution in [3.63, 3.8) is 0 Å². The number of rotatable bonds is 6. The van der Waals surface area contributed by atoms with Crippen molar-refractivity contribution in [2.45, 2.75) is 45.7 Å². The third-order valence-corrected chi connectivity index (χ3v) is 6.90. The second kappa shape index (κ2) is 10.0. The Morgan fingerprint density at radius 2 is 1.87 bits per heavy atom. The van der Waals surface area contributed by atoms with E-state index in [4.69, 9.17) is 9.47 Å². The number of benzene rings is 1. The number of likely N-dealkylation sites (tertiary alicyclic amines) is 1. The molecule has 0 bridgehead atoms. The van der Waals surface area contributed by atoms with Crippen LogP contribution in [0.5, 0.6) is 5.75 Å². The van der Waals surface area contributed by atoms with Gasteiger partial charge in [0.05, 0.1) is 25.2 Å². The molecule has 0 spiro atoms. The topological polar surface area (TPSA) is 62.3 Å². The summed E-state index contributed by atoms with van der Waals surface area (Å²) in [7, 11) is 0. The number of fused-ring (bicyclic) bond motifs is 1. The van der Waals surface area contributed by atoms with E-state index in [0.29, 0.717) is 32.5 Å². The van der Waals surface area contributed by atoms with Gasteiger partial charge in [0.15, 0.2) is 0 Å². The fourth-order valence-corrected chi connectivity index (χ4v) is 4.92. The molecular weight excluding hydrogens is 394 g/mol. The average Bonchev–Trinajstić information content (AvgIpc) is 3.27. The van der Waals surface area contributed by atoms with Gasteiger partial charge in [0, 0.05) is 52.2 Å². The number of esters is 1. The smallest absolute Gasteiger partial charge is 0.309 e. The molecule has 7 heteroatoms. The van der Waals surface area contributed by atoms with Crippen molar-refractivity contribution in [2.75, 3.05) is 52.5 Å². The van der Waals surface area contributed by atoms with Crippen LogP contribution in [0.1, 0.15) is 37.8 Å². The van der Waals surface area contributed by atoms with Crippen LogP contribution in [0.3, 0.4) is 0 Å². The van der Waals surface area contributed by atoms with E-state index in [9.17, 15) is 9.59 Å². The van der Waals surface area contributed by atoms with Gasteiger partial charge in [0.1, 0.15) is 5.75 Å². The number of carbonyl (C=O) groups is 2. The highest BCUT2D eigenvalue weighted by molar-refractivity contribution is 5.82. The zero-order valence-corrected chi connectivity index (χ0v) is 18.8. The first-order valence-electron chi connectivity index (χ1n) is 11.7. The number of piperazine rings is 1. The predicted octanol–water partition coefficient (Wildman–Crippen LogP) is 1.93. The van der Waals surface area contributed by atoms with E-state index >= 15 is 0 Å². The van der Waals surface area contributed by atoms with Gasteiger partial charge >= 0.3 is 5.97 Å². The number of nitrogens with zero attached hydrogens (tertiary/aromatic N) is 3. The van der Waals surface area contributed by atoms with E-state index in [0.717, 1.165) is 51.5 Å². The number of hydrogen-bond donors (Lipinski definition) is 0. The molecule has 1 amide bonds. The van der Waals surface area contributed by atoms with Crippen LogP contribution < -0.4 is 4.74 Å². The van der Waals surface area contributed by atoms with E-state index in [1.54, 1.807) is 0 Å². The average molecular weight is 430 g/mol. The largest absolute Gasteiger partial charge is 0.493 e. The first kappa shape index (κ1) is 22.1. The minimum atomic E-state index is -0.116. The zero-order chi connectivity index (χ0) is 21.8. The molecule has 3 aliphatic rings. The van der Waals surface area contributed by atoms with Crippen LogP contribution in [0.15, 0.2) is 18.2 Å². The molecule has 4 rings (SSSR count). The highest BCUT2D eigenvalue weighted by Crippen LogP contribution is 2.26. The minimum absolute atomic E-state index is 0.0615. The first-order chi connectivity index (χ1) is 15.0. The summed E-state index contributed by atoms with van der Waals surface area (Å²) < 4.78 is 10.7. The van der Waals surface area contributed by atoms with Crippen LogP contribution in [0.2, 0.25) is 0 Å². The molecule has 0 unspecified atom stereocenters. The van der Waals surface area contributed by atoms with E-state index in [1.807, 2.05) is 18.7 Å². The lowest BCUT2D eigenvalue weighted by atomic mass is 9.96. The van der Waals surface area contributed by atoms with Crippen molar-refractivity contribution in [1.29, 1.82) is 0 Å². The van der Waals surface area contributed by atoms with Crippen LogP contribution >= 0.6 is 0 Å². The summed E-state index contributed by atoms with van der Waals surface area (Å²) in [5.41, 5.74) is 2.66. The molecule has 7 nitrogen and oxygen atoms in total. The van der Waals surface area contributed by atoms with E-state index in [1.165, 1.54) is 11.1 Å². The molecule has 0 aromatic heterocycles. The molecule has 0 saturated carbocycles. The molecule has 170 valence electrons. The molecule has 1 atom stereocenters. The van der Waals surface area contributed by atoms with Crippen molar-refractivity contribution in [3.8, 4) is 5.75 Å². The Bertz CT molecular complexity index is 783. The van der Waals surface area contributed by atoms with Crippen LogP contribution in [0, 0.1) is 5.92 Å². The summed E-state index contributed by atoms with van der Waals surface area (Å²) in [4.78, 5) is 31.6. The SMILES string of the molecule is CCOC(=O)C1CCN(C(=O)[C@H](C)N2CCN(Cc3ccc4c(c3)CCO4)CC2)CC1. The van der Waals surface area contributed by atoms with Crippen molar-refractivity contribution < 1.29 is 19.1 Å². The van der Waals surface area contributed by atoms with Crippen LogP contribution in [-0.2, 0) is 27.3 Å². The normalized spacial score (nSPS) is 21.4. The zero-order valence-electron chi connectivity index (χ0n) is 18.8. The quantitative estimate of drug-likeness (QED) is 0.644. The molecule has 2 saturated heterocycles. The lowest BCUT2D eigenvalue weighted by molar-refractivity contribution is -0.152. The molecule has 3 aliphatic heterocycles. The summed E-state index contributed by atoms with van der Waals surface area (Å²) >= 11 is 0. The van der Waals surface area contributed by atoms with Gasteiger partial charge < -0.3 is 14.4 Å². The number of ether oxygens (including phenoxy) is 2. The van der Waals surface area contributed by atoms with Gasteiger partial charge in [-0.05, 0) is 43.9 Å². The van der Waals surface area contributed by atoms with Gasteiger partial charge in [-0.3, -0.25) is 19.4 Å². The third kappa shape index (κ3) is 5.21. The number of amides is 1. The molecule has 0 N–H and O–H groups in total. The standard InChI is InChI=1S/C24H35N3O4/c1-3-30-24(29)20-6-9-27(10-7-20)23(28)18(2)26-13-11-25(12-14-26)17-19-4-5-22-21(16-19)8-15-31-22/h4-5,16,18,20H,3,6-15,17H2,1-2H3/t18-/m0/s1. The Morgan fingerprint density at radius 3 is 2.58 bits per heavy atom. The summed E-state index contributed by atoms with van der Waals surface area (Å²) in [5.74, 6) is 1.05. The molecule has 3 heterocycles. The van der Waals surface area contributed by atoms with Gasteiger partial charge in [-0.25, -0.2) is 0 Å². The first-order valence-corrected chi connectivity index (χ1v) is 11.7. The van der Waals surface area contributed by atoms with Crippen molar-refractivity contribution in [2.24, 2.45) is 5.92 Å². The third-order valence-electron chi connectivity index (χ3n) is 6.90. The summed E-state index contributed by atoms with van der Waals surface area (Å²) in [6.07, 6.45) is 2.42. The maximum absolute atomic E-state index is 13.0. The van der Waals surface area contributed by atoms with Gasteiger partial charge in [-0.15, -0.1) is 0 Å². The highest BCUT2D eigenvalue weighted by atomic mass is 16.5. The summed E-state index contributed by atoms with van der Waals surface area (Å²) in [6.45, 7) is 11.1. The van der Waals surface area contributed by atoms with Crippen molar-refractivity contribution in [1.82, 2.24) is 14.7 Å². The minimum Gasteiger partial charge on any atom is -0.493 e. The Morgan fingerprint density at radius 1 is 1.13 bits per heavy atom. The van der Waals surface area contributed by atoms with Crippen LogP contribution in [0.4, 0.5) is 0 Å². The van der Waals surface area contributed by atoms with Gasteiger partial charge in [0.2, 0.25) is 5.91 Å². The molecule has 1 aromatic rings. The van der Waals surface area contributed by atoms with Crippen molar-refractivity contribution >= 4 is 11.9 Å². The Kier molecular flexibility index (Phi) is 7.13. The number of carbonyl (C=O) groups excluding carboxylic acids is 2. The van der Waals surface area contributed by atoms with E-state index in [-0.39, 0.29) is 23.8 Å². The molecule has 0 radical (unpaired) electrons.